The first kappa shape index (κ1) is 30.5. The van der Waals surface area contributed by atoms with Crippen molar-refractivity contribution in [1.29, 1.82) is 0 Å². The van der Waals surface area contributed by atoms with Crippen molar-refractivity contribution in [2.75, 3.05) is 32.0 Å². The molecule has 1 heterocycles. The zero-order valence-electron chi connectivity index (χ0n) is 23.4. The van der Waals surface area contributed by atoms with Gasteiger partial charge in [-0.1, -0.05) is 55.8 Å². The Labute approximate surface area is 232 Å². The van der Waals surface area contributed by atoms with Crippen LogP contribution in [0.5, 0.6) is 0 Å². The molecule has 0 aromatic heterocycles. The number of nitrogens with one attached hydrogen (secondary N) is 2. The highest BCUT2D eigenvalue weighted by Crippen LogP contribution is 2.41. The molecule has 39 heavy (non-hydrogen) atoms. The molecule has 0 radical (unpaired) electrons. The van der Waals surface area contributed by atoms with E-state index in [2.05, 4.69) is 29.0 Å². The van der Waals surface area contributed by atoms with Gasteiger partial charge in [0.25, 0.3) is 0 Å². The third-order valence-electron chi connectivity index (χ3n) is 6.98. The minimum Gasteiger partial charge on any atom is -0.392 e. The van der Waals surface area contributed by atoms with Crippen LogP contribution in [-0.4, -0.2) is 54.6 Å². The molecule has 0 aliphatic carbocycles. The van der Waals surface area contributed by atoms with E-state index in [0.29, 0.717) is 13.0 Å². The Kier molecular flexibility index (Phi) is 12.1. The number of ether oxygens (including phenoxy) is 2. The molecule has 0 bridgehead atoms. The lowest BCUT2D eigenvalue weighted by atomic mass is 9.90. The number of hydrogen-bond acceptors (Lipinski definition) is 6. The van der Waals surface area contributed by atoms with E-state index in [-0.39, 0.29) is 36.5 Å². The molecule has 3 N–H and O–H groups in total. The van der Waals surface area contributed by atoms with Crippen molar-refractivity contribution >= 4 is 17.5 Å². The van der Waals surface area contributed by atoms with E-state index in [1.165, 1.54) is 6.92 Å². The normalized spacial score (nSPS) is 20.9. The predicted octanol–water partition coefficient (Wildman–Crippen LogP) is 4.72. The molecule has 212 valence electrons. The van der Waals surface area contributed by atoms with Crippen LogP contribution in [0.2, 0.25) is 0 Å². The third-order valence-corrected chi connectivity index (χ3v) is 6.98. The molecule has 1 fully saturated rings. The topological polar surface area (TPSA) is 100 Å². The van der Waals surface area contributed by atoms with Crippen molar-refractivity contribution in [3.05, 3.63) is 77.9 Å². The summed E-state index contributed by atoms with van der Waals surface area (Å²) in [5, 5.41) is 15.2. The number of carbonyl (C=O) groups excluding carboxylic acids is 2. The van der Waals surface area contributed by atoms with Gasteiger partial charge in [-0.15, -0.1) is 6.58 Å². The smallest absolute Gasteiger partial charge is 0.224 e. The average molecular weight is 538 g/mol. The van der Waals surface area contributed by atoms with Gasteiger partial charge < -0.3 is 30.1 Å². The van der Waals surface area contributed by atoms with Crippen LogP contribution in [0.4, 0.5) is 5.69 Å². The fourth-order valence-corrected chi connectivity index (χ4v) is 4.73. The van der Waals surface area contributed by atoms with Crippen molar-refractivity contribution in [3.63, 3.8) is 0 Å². The quantitative estimate of drug-likeness (QED) is 0.238. The third kappa shape index (κ3) is 9.58. The fourth-order valence-electron chi connectivity index (χ4n) is 4.73. The van der Waals surface area contributed by atoms with Crippen LogP contribution in [0.15, 0.2) is 61.2 Å². The number of nitrogens with zero attached hydrogens (tertiary/aromatic N) is 1. The molecule has 1 saturated heterocycles. The molecule has 2 aromatic carbocycles. The molecule has 2 aromatic rings. The van der Waals surface area contributed by atoms with Crippen LogP contribution >= 0.6 is 0 Å². The van der Waals surface area contributed by atoms with E-state index in [1.54, 1.807) is 0 Å². The van der Waals surface area contributed by atoms with Gasteiger partial charge in [0.1, 0.15) is 0 Å². The Morgan fingerprint density at radius 2 is 1.72 bits per heavy atom. The summed E-state index contributed by atoms with van der Waals surface area (Å²) >= 11 is 0. The minimum absolute atomic E-state index is 0.00353. The van der Waals surface area contributed by atoms with Gasteiger partial charge in [-0.25, -0.2) is 0 Å². The van der Waals surface area contributed by atoms with Crippen molar-refractivity contribution < 1.29 is 24.2 Å². The van der Waals surface area contributed by atoms with E-state index >= 15 is 0 Å². The molecule has 4 unspecified atom stereocenters. The molecule has 4 atom stereocenters. The van der Waals surface area contributed by atoms with E-state index in [4.69, 9.17) is 9.47 Å². The zero-order valence-corrected chi connectivity index (χ0v) is 23.4. The Morgan fingerprint density at radius 1 is 1.03 bits per heavy atom. The molecule has 0 spiro atoms. The number of anilines is 1. The first-order chi connectivity index (χ1) is 18.8. The molecular weight excluding hydrogens is 494 g/mol. The average Bonchev–Trinajstić information content (AvgIpc) is 2.92. The van der Waals surface area contributed by atoms with Crippen molar-refractivity contribution in [2.24, 2.45) is 5.92 Å². The molecule has 8 nitrogen and oxygen atoms in total. The molecule has 1 aliphatic heterocycles. The van der Waals surface area contributed by atoms with Crippen molar-refractivity contribution in [2.45, 2.75) is 64.6 Å². The van der Waals surface area contributed by atoms with E-state index in [9.17, 15) is 14.7 Å². The second-order valence-electron chi connectivity index (χ2n) is 10.3. The summed E-state index contributed by atoms with van der Waals surface area (Å²) in [4.78, 5) is 25.5. The number of unbranched alkanes of at least 4 members (excludes halogenated alkanes) is 2. The maximum atomic E-state index is 12.4. The Hall–Kier alpha value is -3.04. The summed E-state index contributed by atoms with van der Waals surface area (Å²) in [6.07, 6.45) is 4.03. The summed E-state index contributed by atoms with van der Waals surface area (Å²) in [6, 6.07) is 15.5. The van der Waals surface area contributed by atoms with Gasteiger partial charge in [-0.3, -0.25) is 9.59 Å². The van der Waals surface area contributed by atoms with Crippen LogP contribution in [0.1, 0.15) is 68.6 Å². The standard InChI is InChI=1S/C31H43N3O5/c1-5-19-34(4)20-28-22(2)30(25-12-10-24(21-35)11-13-25)39-31(38-28)26-14-16-27(17-15-26)33-29(37)9-7-6-8-18-32-23(3)36/h5,10-17,22,28,30-31,35H,1,6-9,18-21H2,2-4H3,(H,32,36)(H,33,37). The summed E-state index contributed by atoms with van der Waals surface area (Å²) < 4.78 is 13.0. The number of aliphatic hydroxyl groups excluding tert-OH is 1. The largest absolute Gasteiger partial charge is 0.392 e. The Balaban J connectivity index is 1.63. The molecular formula is C31H43N3O5. The summed E-state index contributed by atoms with van der Waals surface area (Å²) in [5.41, 5.74) is 3.51. The van der Waals surface area contributed by atoms with Crippen LogP contribution in [0.25, 0.3) is 0 Å². The zero-order chi connectivity index (χ0) is 28.2. The SMILES string of the molecule is C=CCN(C)CC1OC(c2ccc(NC(=O)CCCCCNC(C)=O)cc2)OC(c2ccc(CO)cc2)C1C. The van der Waals surface area contributed by atoms with Crippen molar-refractivity contribution in [1.82, 2.24) is 10.2 Å². The maximum absolute atomic E-state index is 12.4. The molecule has 1 aliphatic rings. The maximum Gasteiger partial charge on any atom is 0.224 e. The summed E-state index contributed by atoms with van der Waals surface area (Å²) in [5.74, 6) is 0.0424. The van der Waals surface area contributed by atoms with Gasteiger partial charge in [-0.05, 0) is 43.1 Å². The molecule has 0 saturated carbocycles. The Morgan fingerprint density at radius 3 is 2.36 bits per heavy atom. The molecule has 8 heteroatoms. The van der Waals surface area contributed by atoms with Crippen LogP contribution in [0, 0.1) is 5.92 Å². The number of carbonyl (C=O) groups is 2. The highest BCUT2D eigenvalue weighted by Gasteiger charge is 2.38. The number of aliphatic hydroxyl groups is 1. The summed E-state index contributed by atoms with van der Waals surface area (Å²) in [7, 11) is 2.05. The number of benzene rings is 2. The first-order valence-corrected chi connectivity index (χ1v) is 13.7. The summed E-state index contributed by atoms with van der Waals surface area (Å²) in [6.45, 7) is 9.63. The first-order valence-electron chi connectivity index (χ1n) is 13.7. The number of likely N-dealkylation sites (N-methyl/N-ethyl adjacent to an activating group) is 1. The van der Waals surface area contributed by atoms with Gasteiger partial charge in [0, 0.05) is 50.1 Å². The van der Waals surface area contributed by atoms with Crippen LogP contribution < -0.4 is 10.6 Å². The van der Waals surface area contributed by atoms with Gasteiger partial charge in [0.2, 0.25) is 11.8 Å². The van der Waals surface area contributed by atoms with Gasteiger partial charge in [-0.2, -0.15) is 0 Å². The highest BCUT2D eigenvalue weighted by molar-refractivity contribution is 5.90. The van der Waals surface area contributed by atoms with Gasteiger partial charge >= 0.3 is 0 Å². The molecule has 3 rings (SSSR count). The lowest BCUT2D eigenvalue weighted by molar-refractivity contribution is -0.275. The number of hydrogen-bond donors (Lipinski definition) is 3. The lowest BCUT2D eigenvalue weighted by Gasteiger charge is -2.42. The van der Waals surface area contributed by atoms with Crippen LogP contribution in [0.3, 0.4) is 0 Å². The van der Waals surface area contributed by atoms with E-state index in [1.807, 2.05) is 61.7 Å². The van der Waals surface area contributed by atoms with Gasteiger partial charge in [0.15, 0.2) is 6.29 Å². The van der Waals surface area contributed by atoms with E-state index in [0.717, 1.165) is 54.7 Å². The molecule has 2 amide bonds. The second kappa shape index (κ2) is 15.5. The van der Waals surface area contributed by atoms with Gasteiger partial charge in [0.05, 0.1) is 18.8 Å². The Bertz CT molecular complexity index is 1060. The lowest BCUT2D eigenvalue weighted by Crippen LogP contribution is -2.43. The number of rotatable bonds is 14. The second-order valence-corrected chi connectivity index (χ2v) is 10.3. The highest BCUT2D eigenvalue weighted by atomic mass is 16.7. The fraction of sp³-hybridized carbons (Fsp3) is 0.484. The monoisotopic (exact) mass is 537 g/mol. The van der Waals surface area contributed by atoms with E-state index < -0.39 is 6.29 Å². The minimum atomic E-state index is -0.556. The predicted molar refractivity (Wildman–Crippen MR) is 153 cm³/mol. The van der Waals surface area contributed by atoms with Crippen LogP contribution in [-0.2, 0) is 25.7 Å². The van der Waals surface area contributed by atoms with Crippen molar-refractivity contribution in [3.8, 4) is 0 Å². The number of amides is 2.